The number of benzene rings is 2. The summed E-state index contributed by atoms with van der Waals surface area (Å²) < 4.78 is 4.02. The van der Waals surface area contributed by atoms with E-state index >= 15 is 0 Å². The maximum absolute atomic E-state index is 14.3. The summed E-state index contributed by atoms with van der Waals surface area (Å²) in [5, 5.41) is 4.43. The van der Waals surface area contributed by atoms with E-state index in [0.29, 0.717) is 16.3 Å². The number of pyridine rings is 1. The van der Waals surface area contributed by atoms with Crippen LogP contribution in [0.1, 0.15) is 69.4 Å². The molecule has 3 amide bonds. The number of aryl methyl sites for hydroxylation is 1. The van der Waals surface area contributed by atoms with E-state index in [1.807, 2.05) is 31.2 Å². The number of carbonyl (C=O) groups excluding carboxylic acids is 3. The van der Waals surface area contributed by atoms with Gasteiger partial charge in [0.25, 0.3) is 11.8 Å². The van der Waals surface area contributed by atoms with Gasteiger partial charge in [-0.3, -0.25) is 24.3 Å². The first-order valence-corrected chi connectivity index (χ1v) is 14.2. The minimum atomic E-state index is -1.09. The van der Waals surface area contributed by atoms with E-state index in [4.69, 9.17) is 23.1 Å². The van der Waals surface area contributed by atoms with Gasteiger partial charge in [0.1, 0.15) is 10.9 Å². The Labute approximate surface area is 240 Å². The second kappa shape index (κ2) is 11.6. The first-order valence-electron chi connectivity index (χ1n) is 13.0. The molecule has 1 aliphatic rings. The van der Waals surface area contributed by atoms with Crippen molar-refractivity contribution in [2.75, 3.05) is 10.6 Å². The van der Waals surface area contributed by atoms with Gasteiger partial charge in [-0.2, -0.15) is 4.37 Å². The molecule has 11 heteroatoms. The second-order valence-corrected chi connectivity index (χ2v) is 11.1. The van der Waals surface area contributed by atoms with Crippen LogP contribution < -0.4 is 21.7 Å². The van der Waals surface area contributed by atoms with Gasteiger partial charge < -0.3 is 16.8 Å². The standard InChI is InChI=1S/C29H29ClN6O3S/c1-16-9-11-20(15-21(16)30)36(29(39)26-23(31)24(27(32)37)35-40-26)25(28(38)34-19-7-3-2-4-8-19)18-10-12-22-17(14-18)6-5-13-33-22/h5-6,9-15,19,25H,2-4,7-8,31H2,1H3,(H2,32,37)(H,34,38)/t25-/m0/s1. The number of nitrogen functional groups attached to an aromatic ring is 1. The third-order valence-corrected chi connectivity index (χ3v) is 8.47. The lowest BCUT2D eigenvalue weighted by Crippen LogP contribution is -2.47. The summed E-state index contributed by atoms with van der Waals surface area (Å²) in [6.45, 7) is 1.85. The first kappa shape index (κ1) is 27.5. The number of halogens is 1. The van der Waals surface area contributed by atoms with Crippen LogP contribution in [0.4, 0.5) is 11.4 Å². The van der Waals surface area contributed by atoms with Crippen LogP contribution in [0.5, 0.6) is 0 Å². The largest absolute Gasteiger partial charge is 0.395 e. The molecule has 2 heterocycles. The Balaban J connectivity index is 1.68. The van der Waals surface area contributed by atoms with Crippen LogP contribution in [-0.2, 0) is 4.79 Å². The molecule has 206 valence electrons. The van der Waals surface area contributed by atoms with Crippen molar-refractivity contribution in [1.82, 2.24) is 14.7 Å². The van der Waals surface area contributed by atoms with Crippen LogP contribution >= 0.6 is 23.1 Å². The molecule has 0 saturated heterocycles. The summed E-state index contributed by atoms with van der Waals surface area (Å²) in [5.74, 6) is -1.78. The van der Waals surface area contributed by atoms with Crippen molar-refractivity contribution >= 4 is 63.1 Å². The number of nitrogens with one attached hydrogen (secondary N) is 1. The maximum atomic E-state index is 14.3. The highest BCUT2D eigenvalue weighted by atomic mass is 35.5. The van der Waals surface area contributed by atoms with E-state index in [1.165, 1.54) is 4.90 Å². The van der Waals surface area contributed by atoms with Crippen LogP contribution in [-0.4, -0.2) is 33.1 Å². The van der Waals surface area contributed by atoms with Gasteiger partial charge in [0.15, 0.2) is 5.69 Å². The summed E-state index contributed by atoms with van der Waals surface area (Å²) in [6.07, 6.45) is 6.62. The lowest BCUT2D eigenvalue weighted by molar-refractivity contribution is -0.123. The Bertz CT molecular complexity index is 1600. The second-order valence-electron chi connectivity index (χ2n) is 9.95. The monoisotopic (exact) mass is 576 g/mol. The van der Waals surface area contributed by atoms with Crippen molar-refractivity contribution in [3.05, 3.63) is 81.4 Å². The minimum absolute atomic E-state index is 0.000584. The van der Waals surface area contributed by atoms with Crippen LogP contribution in [0.25, 0.3) is 10.9 Å². The number of rotatable bonds is 7. The zero-order chi connectivity index (χ0) is 28.4. The fraction of sp³-hybridized carbons (Fsp3) is 0.276. The SMILES string of the molecule is Cc1ccc(N(C(=O)c2snc(C(N)=O)c2N)[C@H](C(=O)NC2CCCCC2)c2ccc3ncccc3c2)cc1Cl. The Kier molecular flexibility index (Phi) is 7.99. The van der Waals surface area contributed by atoms with Crippen molar-refractivity contribution in [3.63, 3.8) is 0 Å². The molecule has 1 fully saturated rings. The molecular weight excluding hydrogens is 548 g/mol. The van der Waals surface area contributed by atoms with Gasteiger partial charge in [0.05, 0.1) is 11.2 Å². The summed E-state index contributed by atoms with van der Waals surface area (Å²) in [6, 6.07) is 13.3. The Hall–Kier alpha value is -4.02. The average Bonchev–Trinajstić information content (AvgIpc) is 3.34. The third-order valence-electron chi connectivity index (χ3n) is 7.21. The van der Waals surface area contributed by atoms with E-state index in [9.17, 15) is 14.4 Å². The Morgan fingerprint density at radius 2 is 1.88 bits per heavy atom. The van der Waals surface area contributed by atoms with Crippen molar-refractivity contribution in [1.29, 1.82) is 0 Å². The molecule has 0 aliphatic heterocycles. The lowest BCUT2D eigenvalue weighted by atomic mass is 9.94. The van der Waals surface area contributed by atoms with Crippen LogP contribution in [0.3, 0.4) is 0 Å². The molecule has 5 rings (SSSR count). The fourth-order valence-corrected chi connectivity index (χ4v) is 5.98. The molecule has 1 aliphatic carbocycles. The van der Waals surface area contributed by atoms with Crippen molar-refractivity contribution < 1.29 is 14.4 Å². The quantitative estimate of drug-likeness (QED) is 0.277. The molecule has 5 N–H and O–H groups in total. The topological polar surface area (TPSA) is 144 Å². The van der Waals surface area contributed by atoms with E-state index in [0.717, 1.165) is 60.1 Å². The average molecular weight is 577 g/mol. The molecule has 0 spiro atoms. The number of anilines is 2. The number of hydrogen-bond acceptors (Lipinski definition) is 7. The fourth-order valence-electron chi connectivity index (χ4n) is 5.06. The van der Waals surface area contributed by atoms with E-state index < -0.39 is 17.9 Å². The van der Waals surface area contributed by atoms with Gasteiger partial charge in [-0.25, -0.2) is 0 Å². The summed E-state index contributed by atoms with van der Waals surface area (Å²) >= 11 is 7.27. The van der Waals surface area contributed by atoms with Crippen LogP contribution in [0, 0.1) is 6.92 Å². The molecule has 0 radical (unpaired) electrons. The van der Waals surface area contributed by atoms with Gasteiger partial charge in [0.2, 0.25) is 5.91 Å². The predicted molar refractivity (Wildman–Crippen MR) is 158 cm³/mol. The van der Waals surface area contributed by atoms with Crippen molar-refractivity contribution in [2.24, 2.45) is 5.73 Å². The highest BCUT2D eigenvalue weighted by Gasteiger charge is 2.37. The molecule has 9 nitrogen and oxygen atoms in total. The predicted octanol–water partition coefficient (Wildman–Crippen LogP) is 5.17. The molecule has 0 unspecified atom stereocenters. The number of nitrogens with zero attached hydrogens (tertiary/aromatic N) is 3. The van der Waals surface area contributed by atoms with Crippen LogP contribution in [0.15, 0.2) is 54.7 Å². The normalized spacial score (nSPS) is 14.6. The highest BCUT2D eigenvalue weighted by Crippen LogP contribution is 2.36. The molecule has 40 heavy (non-hydrogen) atoms. The van der Waals surface area contributed by atoms with Gasteiger partial charge >= 0.3 is 0 Å². The summed E-state index contributed by atoms with van der Waals surface area (Å²) in [5.41, 5.74) is 13.8. The number of carbonyl (C=O) groups is 3. The summed E-state index contributed by atoms with van der Waals surface area (Å²) in [4.78, 5) is 46.1. The first-order chi connectivity index (χ1) is 19.2. The highest BCUT2D eigenvalue weighted by molar-refractivity contribution is 7.09. The number of fused-ring (bicyclic) bond motifs is 1. The minimum Gasteiger partial charge on any atom is -0.395 e. The van der Waals surface area contributed by atoms with Gasteiger partial charge in [-0.05, 0) is 72.8 Å². The number of aromatic nitrogens is 2. The number of primary amides is 1. The molecule has 1 atom stereocenters. The molecule has 1 saturated carbocycles. The van der Waals surface area contributed by atoms with E-state index in [2.05, 4.69) is 14.7 Å². The van der Waals surface area contributed by atoms with Crippen molar-refractivity contribution in [2.45, 2.75) is 51.1 Å². The lowest BCUT2D eigenvalue weighted by Gasteiger charge is -2.33. The summed E-state index contributed by atoms with van der Waals surface area (Å²) in [7, 11) is 0. The Morgan fingerprint density at radius 1 is 1.10 bits per heavy atom. The van der Waals surface area contributed by atoms with Crippen LogP contribution in [0.2, 0.25) is 5.02 Å². The van der Waals surface area contributed by atoms with Gasteiger partial charge in [-0.1, -0.05) is 49.1 Å². The smallest absolute Gasteiger partial charge is 0.273 e. The molecule has 0 bridgehead atoms. The maximum Gasteiger partial charge on any atom is 0.273 e. The molecule has 2 aromatic heterocycles. The van der Waals surface area contributed by atoms with Gasteiger partial charge in [-0.15, -0.1) is 0 Å². The third kappa shape index (κ3) is 5.50. The molecular formula is C29H29ClN6O3S. The zero-order valence-electron chi connectivity index (χ0n) is 21.9. The van der Waals surface area contributed by atoms with E-state index in [-0.39, 0.29) is 28.2 Å². The number of nitrogens with two attached hydrogens (primary N) is 2. The number of hydrogen-bond donors (Lipinski definition) is 3. The Morgan fingerprint density at radius 3 is 2.58 bits per heavy atom. The molecule has 2 aromatic carbocycles. The van der Waals surface area contributed by atoms with Gasteiger partial charge in [0, 0.05) is 28.3 Å². The molecule has 4 aromatic rings. The van der Waals surface area contributed by atoms with Crippen molar-refractivity contribution in [3.8, 4) is 0 Å². The van der Waals surface area contributed by atoms with E-state index in [1.54, 1.807) is 30.5 Å². The number of amides is 3. The zero-order valence-corrected chi connectivity index (χ0v) is 23.5.